The molecule has 1 amide bonds. The van der Waals surface area contributed by atoms with Crippen LogP contribution >= 0.6 is 0 Å². The predicted octanol–water partition coefficient (Wildman–Crippen LogP) is 2.64. The summed E-state index contributed by atoms with van der Waals surface area (Å²) < 4.78 is 32.7. The maximum atomic E-state index is 12.6. The van der Waals surface area contributed by atoms with Gasteiger partial charge in [-0.1, -0.05) is 18.2 Å². The molecule has 0 atom stereocenters. The molecule has 0 spiro atoms. The third kappa shape index (κ3) is 4.62. The van der Waals surface area contributed by atoms with Crippen LogP contribution in [0.1, 0.15) is 18.1 Å². The van der Waals surface area contributed by atoms with Crippen molar-refractivity contribution in [2.24, 2.45) is 0 Å². The highest BCUT2D eigenvalue weighted by molar-refractivity contribution is 7.89. The summed E-state index contributed by atoms with van der Waals surface area (Å²) in [6.45, 7) is 5.69. The monoisotopic (exact) mass is 376 g/mol. The first kappa shape index (κ1) is 19.9. The SMILES string of the molecule is CCN(C(=O)CNS(=O)(=O)c1cc(C)ccc1OC)c1cccc(C)c1. The number of nitrogens with zero attached hydrogens (tertiary/aromatic N) is 1. The van der Waals surface area contributed by atoms with Gasteiger partial charge >= 0.3 is 0 Å². The van der Waals surface area contributed by atoms with Crippen molar-refractivity contribution < 1.29 is 17.9 Å². The normalized spacial score (nSPS) is 11.2. The predicted molar refractivity (Wildman–Crippen MR) is 102 cm³/mol. The number of amides is 1. The Morgan fingerprint density at radius 1 is 1.12 bits per heavy atom. The molecular weight excluding hydrogens is 352 g/mol. The number of rotatable bonds is 7. The molecule has 7 heteroatoms. The molecule has 0 heterocycles. The summed E-state index contributed by atoms with van der Waals surface area (Å²) in [5.74, 6) is -0.0881. The number of sulfonamides is 1. The number of benzene rings is 2. The molecule has 0 saturated heterocycles. The lowest BCUT2D eigenvalue weighted by atomic mass is 10.2. The van der Waals surface area contributed by atoms with E-state index in [0.29, 0.717) is 6.54 Å². The lowest BCUT2D eigenvalue weighted by molar-refractivity contribution is -0.117. The van der Waals surface area contributed by atoms with Gasteiger partial charge in [0.1, 0.15) is 10.6 Å². The van der Waals surface area contributed by atoms with Crippen LogP contribution in [0.3, 0.4) is 0 Å². The van der Waals surface area contributed by atoms with Crippen LogP contribution in [-0.4, -0.2) is 34.5 Å². The van der Waals surface area contributed by atoms with Gasteiger partial charge in [-0.25, -0.2) is 13.1 Å². The first-order valence-corrected chi connectivity index (χ1v) is 9.78. The van der Waals surface area contributed by atoms with Gasteiger partial charge in [-0.05, 0) is 56.2 Å². The molecule has 26 heavy (non-hydrogen) atoms. The first-order valence-electron chi connectivity index (χ1n) is 8.30. The minimum atomic E-state index is -3.88. The summed E-state index contributed by atoms with van der Waals surface area (Å²) in [6.07, 6.45) is 0. The maximum Gasteiger partial charge on any atom is 0.244 e. The minimum absolute atomic E-state index is 0.0198. The average Bonchev–Trinajstić information content (AvgIpc) is 2.61. The molecule has 0 aliphatic heterocycles. The molecular formula is C19H24N2O4S. The third-order valence-corrected chi connectivity index (χ3v) is 5.38. The second kappa shape index (κ2) is 8.33. The fourth-order valence-corrected chi connectivity index (χ4v) is 3.85. The lowest BCUT2D eigenvalue weighted by Crippen LogP contribution is -2.40. The zero-order chi connectivity index (χ0) is 19.3. The highest BCUT2D eigenvalue weighted by Crippen LogP contribution is 2.24. The standard InChI is InChI=1S/C19H24N2O4S/c1-5-21(16-8-6-7-14(2)11-16)19(22)13-20-26(23,24)18-12-15(3)9-10-17(18)25-4/h6-12,20H,5,13H2,1-4H3. The fraction of sp³-hybridized carbons (Fsp3) is 0.316. The van der Waals surface area contributed by atoms with Gasteiger partial charge in [0.2, 0.25) is 15.9 Å². The van der Waals surface area contributed by atoms with Gasteiger partial charge in [-0.2, -0.15) is 0 Å². The van der Waals surface area contributed by atoms with Crippen molar-refractivity contribution in [3.63, 3.8) is 0 Å². The van der Waals surface area contributed by atoms with E-state index in [9.17, 15) is 13.2 Å². The quantitative estimate of drug-likeness (QED) is 0.806. The van der Waals surface area contributed by atoms with Crippen molar-refractivity contribution in [1.82, 2.24) is 4.72 Å². The van der Waals surface area contributed by atoms with Crippen molar-refractivity contribution in [1.29, 1.82) is 0 Å². The van der Waals surface area contributed by atoms with E-state index in [1.165, 1.54) is 13.2 Å². The molecule has 0 fully saturated rings. The Kier molecular flexibility index (Phi) is 6.39. The van der Waals surface area contributed by atoms with Crippen molar-refractivity contribution in [2.75, 3.05) is 25.1 Å². The Balaban J connectivity index is 2.18. The van der Waals surface area contributed by atoms with Crippen LogP contribution in [0.2, 0.25) is 0 Å². The van der Waals surface area contributed by atoms with Crippen molar-refractivity contribution in [3.05, 3.63) is 53.6 Å². The molecule has 0 saturated carbocycles. The van der Waals surface area contributed by atoms with Crippen LogP contribution in [0.25, 0.3) is 0 Å². The second-order valence-corrected chi connectivity index (χ2v) is 7.69. The lowest BCUT2D eigenvalue weighted by Gasteiger charge is -2.22. The summed E-state index contributed by atoms with van der Waals surface area (Å²) in [4.78, 5) is 14.1. The van der Waals surface area contributed by atoms with Gasteiger partial charge < -0.3 is 9.64 Å². The Labute approximate surface area is 154 Å². The first-order chi connectivity index (χ1) is 12.3. The molecule has 0 aromatic heterocycles. The molecule has 2 aromatic rings. The van der Waals surface area contributed by atoms with E-state index in [4.69, 9.17) is 4.74 Å². The zero-order valence-corrected chi connectivity index (χ0v) is 16.3. The summed E-state index contributed by atoms with van der Waals surface area (Å²) in [5, 5.41) is 0. The molecule has 140 valence electrons. The second-order valence-electron chi connectivity index (χ2n) is 5.96. The number of carbonyl (C=O) groups is 1. The van der Waals surface area contributed by atoms with Gasteiger partial charge in [-0.3, -0.25) is 4.79 Å². The number of likely N-dealkylation sites (N-methyl/N-ethyl adjacent to an activating group) is 1. The van der Waals surface area contributed by atoms with E-state index >= 15 is 0 Å². The molecule has 6 nitrogen and oxygen atoms in total. The number of nitrogens with one attached hydrogen (secondary N) is 1. The Hall–Kier alpha value is -2.38. The highest BCUT2D eigenvalue weighted by Gasteiger charge is 2.22. The number of methoxy groups -OCH3 is 1. The van der Waals surface area contributed by atoms with Crippen molar-refractivity contribution in [2.45, 2.75) is 25.7 Å². The van der Waals surface area contributed by atoms with Crippen LogP contribution in [0.4, 0.5) is 5.69 Å². The van der Waals surface area contributed by atoms with E-state index in [2.05, 4.69) is 4.72 Å². The van der Waals surface area contributed by atoms with Crippen LogP contribution in [0.15, 0.2) is 47.4 Å². The van der Waals surface area contributed by atoms with E-state index in [1.54, 1.807) is 24.0 Å². The molecule has 0 bridgehead atoms. The number of ether oxygens (including phenoxy) is 1. The van der Waals surface area contributed by atoms with Crippen LogP contribution < -0.4 is 14.4 Å². The van der Waals surface area contributed by atoms with E-state index in [0.717, 1.165) is 16.8 Å². The van der Waals surface area contributed by atoms with Crippen molar-refractivity contribution in [3.8, 4) is 5.75 Å². The summed E-state index contributed by atoms with van der Waals surface area (Å²) in [6, 6.07) is 12.4. The number of carbonyl (C=O) groups excluding carboxylic acids is 1. The maximum absolute atomic E-state index is 12.6. The van der Waals surface area contributed by atoms with Gasteiger partial charge in [-0.15, -0.1) is 0 Å². The zero-order valence-electron chi connectivity index (χ0n) is 15.4. The van der Waals surface area contributed by atoms with Crippen LogP contribution in [0, 0.1) is 13.8 Å². The largest absolute Gasteiger partial charge is 0.495 e. The van der Waals surface area contributed by atoms with Gasteiger partial charge in [0.15, 0.2) is 0 Å². The van der Waals surface area contributed by atoms with E-state index in [1.807, 2.05) is 38.1 Å². The number of hydrogen-bond acceptors (Lipinski definition) is 4. The van der Waals surface area contributed by atoms with E-state index in [-0.39, 0.29) is 23.1 Å². The van der Waals surface area contributed by atoms with E-state index < -0.39 is 10.0 Å². The van der Waals surface area contributed by atoms with Crippen LogP contribution in [0.5, 0.6) is 5.75 Å². The minimum Gasteiger partial charge on any atom is -0.495 e. The number of hydrogen-bond donors (Lipinski definition) is 1. The molecule has 1 N–H and O–H groups in total. The smallest absolute Gasteiger partial charge is 0.244 e. The van der Waals surface area contributed by atoms with Gasteiger partial charge in [0, 0.05) is 12.2 Å². The molecule has 0 unspecified atom stereocenters. The Morgan fingerprint density at radius 2 is 1.81 bits per heavy atom. The van der Waals surface area contributed by atoms with Gasteiger partial charge in [0.05, 0.1) is 13.7 Å². The number of aryl methyl sites for hydroxylation is 2. The molecule has 0 aliphatic rings. The fourth-order valence-electron chi connectivity index (χ4n) is 2.62. The Bertz CT molecular complexity index is 894. The topological polar surface area (TPSA) is 75.7 Å². The summed E-state index contributed by atoms with van der Waals surface area (Å²) in [7, 11) is -2.47. The third-order valence-electron chi connectivity index (χ3n) is 3.95. The average molecular weight is 376 g/mol. The Morgan fingerprint density at radius 3 is 2.42 bits per heavy atom. The highest BCUT2D eigenvalue weighted by atomic mass is 32.2. The van der Waals surface area contributed by atoms with Gasteiger partial charge in [0.25, 0.3) is 0 Å². The molecule has 0 aliphatic carbocycles. The van der Waals surface area contributed by atoms with Crippen molar-refractivity contribution >= 4 is 21.6 Å². The molecule has 2 aromatic carbocycles. The summed E-state index contributed by atoms with van der Waals surface area (Å²) in [5.41, 5.74) is 2.55. The summed E-state index contributed by atoms with van der Waals surface area (Å²) >= 11 is 0. The molecule has 2 rings (SSSR count). The van der Waals surface area contributed by atoms with Crippen LogP contribution in [-0.2, 0) is 14.8 Å². The molecule has 0 radical (unpaired) electrons. The number of anilines is 1.